The lowest BCUT2D eigenvalue weighted by molar-refractivity contribution is -0.890. The van der Waals surface area contributed by atoms with Crippen molar-refractivity contribution in [3.8, 4) is 9.85 Å². The van der Waals surface area contributed by atoms with E-state index in [1.165, 1.54) is 30.4 Å². The monoisotopic (exact) mass is 250 g/mol. The lowest BCUT2D eigenvalue weighted by Gasteiger charge is -2.26. The summed E-state index contributed by atoms with van der Waals surface area (Å²) in [5, 5.41) is 0. The van der Waals surface area contributed by atoms with Gasteiger partial charge in [0.1, 0.15) is 6.54 Å². The molecule has 0 unspecified atom stereocenters. The fourth-order valence-corrected chi connectivity index (χ4v) is 1.65. The zero-order valence-corrected chi connectivity index (χ0v) is 8.52. The van der Waals surface area contributed by atoms with Crippen LogP contribution in [0.1, 0.15) is 12.8 Å². The average molecular weight is 250 g/mol. The van der Waals surface area contributed by atoms with Crippen molar-refractivity contribution in [3.05, 3.63) is 0 Å². The summed E-state index contributed by atoms with van der Waals surface area (Å²) in [7, 11) is 2.30. The first-order valence-electron chi connectivity index (χ1n) is 3.69. The lowest BCUT2D eigenvalue weighted by atomic mass is 10.4. The quantitative estimate of drug-likeness (QED) is 0.377. The molecule has 1 fully saturated rings. The Morgan fingerprint density at radius 1 is 1.40 bits per heavy atom. The van der Waals surface area contributed by atoms with Crippen molar-refractivity contribution >= 4 is 22.6 Å². The Hall–Kier alpha value is 0.250. The Bertz CT molecular complexity index is 160. The number of halogens is 1. The van der Waals surface area contributed by atoms with Gasteiger partial charge in [0.15, 0.2) is 0 Å². The summed E-state index contributed by atoms with van der Waals surface area (Å²) in [5.41, 5.74) is 0. The first-order valence-corrected chi connectivity index (χ1v) is 4.77. The molecule has 0 saturated carbocycles. The van der Waals surface area contributed by atoms with Crippen molar-refractivity contribution in [3.63, 3.8) is 0 Å². The molecule has 0 bridgehead atoms. The number of hydrogen-bond donors (Lipinski definition) is 0. The van der Waals surface area contributed by atoms with Crippen molar-refractivity contribution in [2.45, 2.75) is 12.8 Å². The average Bonchev–Trinajstić information content (AvgIpc) is 2.33. The molecule has 0 atom stereocenters. The van der Waals surface area contributed by atoms with E-state index in [-0.39, 0.29) is 0 Å². The molecule has 1 nitrogen and oxygen atoms in total. The van der Waals surface area contributed by atoms with Gasteiger partial charge in [-0.3, -0.25) is 0 Å². The molecule has 0 aliphatic carbocycles. The molecule has 0 aromatic heterocycles. The molecule has 0 aromatic rings. The first-order chi connectivity index (χ1) is 4.77. The van der Waals surface area contributed by atoms with Crippen LogP contribution in [0.3, 0.4) is 0 Å². The molecule has 0 aromatic carbocycles. The standard InChI is InChI=1S/C8H13IN/c1-10(8-4-5-9)6-2-3-7-10/h2-3,6-8H2,1H3/q+1. The summed E-state index contributed by atoms with van der Waals surface area (Å²) in [6.07, 6.45) is 2.78. The van der Waals surface area contributed by atoms with Gasteiger partial charge in [-0.05, 0) is 9.85 Å². The molecule has 1 rings (SSSR count). The Balaban J connectivity index is 2.40. The minimum absolute atomic E-state index is 1.04. The lowest BCUT2D eigenvalue weighted by Crippen LogP contribution is -2.40. The third-order valence-corrected chi connectivity index (χ3v) is 2.55. The van der Waals surface area contributed by atoms with Gasteiger partial charge in [-0.25, -0.2) is 0 Å². The van der Waals surface area contributed by atoms with E-state index in [0.717, 1.165) is 6.54 Å². The van der Waals surface area contributed by atoms with Crippen LogP contribution in [-0.4, -0.2) is 31.2 Å². The minimum Gasteiger partial charge on any atom is -0.316 e. The Kier molecular flexibility index (Phi) is 2.99. The molecule has 0 radical (unpaired) electrons. The fourth-order valence-electron chi connectivity index (χ4n) is 1.48. The summed E-state index contributed by atoms with van der Waals surface area (Å²) < 4.78 is 4.10. The van der Waals surface area contributed by atoms with Crippen LogP contribution in [0, 0.1) is 9.85 Å². The highest BCUT2D eigenvalue weighted by Crippen LogP contribution is 2.14. The second-order valence-electron chi connectivity index (χ2n) is 3.20. The molecule has 0 spiro atoms. The molecule has 10 heavy (non-hydrogen) atoms. The van der Waals surface area contributed by atoms with Gasteiger partial charge in [-0.1, -0.05) is 0 Å². The van der Waals surface area contributed by atoms with Crippen LogP contribution in [0.15, 0.2) is 0 Å². The summed E-state index contributed by atoms with van der Waals surface area (Å²) in [6.45, 7) is 3.69. The first kappa shape index (κ1) is 8.35. The van der Waals surface area contributed by atoms with Gasteiger partial charge >= 0.3 is 0 Å². The van der Waals surface area contributed by atoms with E-state index in [2.05, 4.69) is 39.5 Å². The van der Waals surface area contributed by atoms with Crippen LogP contribution in [0.5, 0.6) is 0 Å². The minimum atomic E-state index is 1.04. The van der Waals surface area contributed by atoms with Crippen LogP contribution in [0.2, 0.25) is 0 Å². The van der Waals surface area contributed by atoms with Crippen LogP contribution in [-0.2, 0) is 0 Å². The smallest absolute Gasteiger partial charge is 0.141 e. The topological polar surface area (TPSA) is 0 Å². The predicted molar refractivity (Wildman–Crippen MR) is 51.8 cm³/mol. The Morgan fingerprint density at radius 3 is 2.50 bits per heavy atom. The normalized spacial score (nSPS) is 21.8. The van der Waals surface area contributed by atoms with Gasteiger partial charge < -0.3 is 4.48 Å². The highest BCUT2D eigenvalue weighted by atomic mass is 127. The van der Waals surface area contributed by atoms with Gasteiger partial charge in [0.2, 0.25) is 0 Å². The van der Waals surface area contributed by atoms with E-state index in [9.17, 15) is 0 Å². The molecule has 1 saturated heterocycles. The van der Waals surface area contributed by atoms with Gasteiger partial charge in [0, 0.05) is 35.4 Å². The van der Waals surface area contributed by atoms with E-state index in [4.69, 9.17) is 0 Å². The third-order valence-electron chi connectivity index (χ3n) is 2.17. The van der Waals surface area contributed by atoms with E-state index < -0.39 is 0 Å². The molecular weight excluding hydrogens is 237 g/mol. The Morgan fingerprint density at radius 2 is 2.00 bits per heavy atom. The molecule has 1 aliphatic heterocycles. The molecular formula is C8H13IN+. The molecule has 1 heterocycles. The summed E-state index contributed by atoms with van der Waals surface area (Å²) in [5.74, 6) is 3.14. The van der Waals surface area contributed by atoms with Gasteiger partial charge in [-0.15, -0.1) is 0 Å². The zero-order valence-electron chi connectivity index (χ0n) is 6.36. The van der Waals surface area contributed by atoms with Gasteiger partial charge in [-0.2, -0.15) is 0 Å². The van der Waals surface area contributed by atoms with Crippen LogP contribution in [0.25, 0.3) is 0 Å². The number of rotatable bonds is 1. The number of nitrogens with zero attached hydrogens (tertiary/aromatic N) is 1. The van der Waals surface area contributed by atoms with Crippen LogP contribution >= 0.6 is 22.6 Å². The fraction of sp³-hybridized carbons (Fsp3) is 0.750. The predicted octanol–water partition coefficient (Wildman–Crippen LogP) is 1.62. The maximum atomic E-state index is 3.14. The SMILES string of the molecule is C[N+]1(CC#CI)CCCC1. The van der Waals surface area contributed by atoms with E-state index in [1.54, 1.807) is 0 Å². The molecule has 56 valence electrons. The second-order valence-corrected chi connectivity index (χ2v) is 3.74. The maximum absolute atomic E-state index is 3.14. The number of quaternary nitrogens is 1. The van der Waals surface area contributed by atoms with Gasteiger partial charge in [0.05, 0.1) is 20.1 Å². The highest BCUT2D eigenvalue weighted by molar-refractivity contribution is 14.1. The maximum Gasteiger partial charge on any atom is 0.141 e. The summed E-state index contributed by atoms with van der Waals surface area (Å²) >= 11 is 2.11. The third kappa shape index (κ3) is 2.14. The molecule has 0 N–H and O–H groups in total. The Labute approximate surface area is 76.5 Å². The molecule has 1 aliphatic rings. The second kappa shape index (κ2) is 3.59. The van der Waals surface area contributed by atoms with E-state index >= 15 is 0 Å². The van der Waals surface area contributed by atoms with Crippen molar-refractivity contribution < 1.29 is 4.48 Å². The largest absolute Gasteiger partial charge is 0.316 e. The van der Waals surface area contributed by atoms with E-state index in [0.29, 0.717) is 0 Å². The van der Waals surface area contributed by atoms with Gasteiger partial charge in [0.25, 0.3) is 0 Å². The van der Waals surface area contributed by atoms with Crippen molar-refractivity contribution in [2.24, 2.45) is 0 Å². The highest BCUT2D eigenvalue weighted by Gasteiger charge is 2.24. The number of likely N-dealkylation sites (tertiary alicyclic amines) is 1. The van der Waals surface area contributed by atoms with Crippen LogP contribution < -0.4 is 0 Å². The summed E-state index contributed by atoms with van der Waals surface area (Å²) in [6, 6.07) is 0. The van der Waals surface area contributed by atoms with Crippen molar-refractivity contribution in [1.82, 2.24) is 0 Å². The zero-order chi connectivity index (χ0) is 7.45. The van der Waals surface area contributed by atoms with Crippen molar-refractivity contribution in [1.29, 1.82) is 0 Å². The number of hydrogen-bond acceptors (Lipinski definition) is 0. The van der Waals surface area contributed by atoms with Crippen molar-refractivity contribution in [2.75, 3.05) is 26.7 Å². The molecule has 2 heteroatoms. The summed E-state index contributed by atoms with van der Waals surface area (Å²) in [4.78, 5) is 0. The van der Waals surface area contributed by atoms with Crippen LogP contribution in [0.4, 0.5) is 0 Å². The molecule has 0 amide bonds. The van der Waals surface area contributed by atoms with E-state index in [1.807, 2.05) is 0 Å².